The van der Waals surface area contributed by atoms with Crippen LogP contribution >= 0.6 is 0 Å². The van der Waals surface area contributed by atoms with Crippen LogP contribution in [-0.2, 0) is 29.6 Å². The Morgan fingerprint density at radius 1 is 1.32 bits per heavy atom. The predicted molar refractivity (Wildman–Crippen MR) is 79.4 cm³/mol. The quantitative estimate of drug-likeness (QED) is 0.853. The maximum atomic E-state index is 11.8. The number of hydrogen-bond acceptors (Lipinski definition) is 4. The molecule has 0 fully saturated rings. The molecule has 2 rings (SSSR count). The molecule has 0 atom stereocenters. The third-order valence-electron chi connectivity index (χ3n) is 3.09. The number of carboxylic acids is 1. The van der Waals surface area contributed by atoms with Crippen molar-refractivity contribution in [3.8, 4) is 0 Å². The number of aromatic nitrogens is 2. The molecule has 0 aliphatic rings. The summed E-state index contributed by atoms with van der Waals surface area (Å²) in [5.74, 6) is -0.904. The van der Waals surface area contributed by atoms with Crippen molar-refractivity contribution in [3.63, 3.8) is 0 Å². The number of rotatable bonds is 6. The van der Waals surface area contributed by atoms with Gasteiger partial charge in [0.2, 0.25) is 0 Å². The minimum absolute atomic E-state index is 0.0344. The number of anilines is 1. The zero-order chi connectivity index (χ0) is 15.9. The van der Waals surface area contributed by atoms with Crippen LogP contribution in [0.25, 0.3) is 0 Å². The number of aliphatic carboxylic acids is 1. The van der Waals surface area contributed by atoms with E-state index in [-0.39, 0.29) is 19.4 Å². The summed E-state index contributed by atoms with van der Waals surface area (Å²) in [6.45, 7) is 0.164. The van der Waals surface area contributed by atoms with Crippen LogP contribution in [0.1, 0.15) is 17.7 Å². The molecule has 2 N–H and O–H groups in total. The lowest BCUT2D eigenvalue weighted by Crippen LogP contribution is -2.15. The lowest BCUT2D eigenvalue weighted by atomic mass is 10.2. The summed E-state index contributed by atoms with van der Waals surface area (Å²) in [7, 11) is 1.69. The molecule has 0 bridgehead atoms. The lowest BCUT2D eigenvalue weighted by Gasteiger charge is -2.08. The minimum atomic E-state index is -0.904. The molecule has 1 aromatic carbocycles. The average Bonchev–Trinajstić information content (AvgIpc) is 2.84. The third kappa shape index (κ3) is 4.34. The highest BCUT2D eigenvalue weighted by Crippen LogP contribution is 2.16. The van der Waals surface area contributed by atoms with Crippen LogP contribution < -0.4 is 5.32 Å². The van der Waals surface area contributed by atoms with Crippen LogP contribution in [0.2, 0.25) is 0 Å². The molecule has 0 radical (unpaired) electrons. The van der Waals surface area contributed by atoms with Gasteiger partial charge in [-0.1, -0.05) is 30.3 Å². The van der Waals surface area contributed by atoms with Crippen molar-refractivity contribution < 1.29 is 19.4 Å². The van der Waals surface area contributed by atoms with Gasteiger partial charge < -0.3 is 9.84 Å². The molecule has 0 saturated heterocycles. The Bertz CT molecular complexity index is 652. The van der Waals surface area contributed by atoms with Crippen molar-refractivity contribution in [1.29, 1.82) is 0 Å². The Kier molecular flexibility index (Phi) is 5.13. The molecule has 0 saturated carbocycles. The number of nitrogens with zero attached hydrogens (tertiary/aromatic N) is 2. The third-order valence-corrected chi connectivity index (χ3v) is 3.09. The standard InChI is InChI=1S/C15H17N3O4/c1-18-13(7-8-14(19)20)12(9-16-18)17-15(21)22-10-11-5-3-2-4-6-11/h2-6,9H,7-8,10H2,1H3,(H,17,21)(H,19,20). The summed E-state index contributed by atoms with van der Waals surface area (Å²) < 4.78 is 6.66. The number of carbonyl (C=O) groups excluding carboxylic acids is 1. The first-order valence-electron chi connectivity index (χ1n) is 6.76. The first-order valence-corrected chi connectivity index (χ1v) is 6.76. The van der Waals surface area contributed by atoms with E-state index >= 15 is 0 Å². The van der Waals surface area contributed by atoms with E-state index in [4.69, 9.17) is 9.84 Å². The van der Waals surface area contributed by atoms with E-state index in [1.54, 1.807) is 7.05 Å². The normalized spacial score (nSPS) is 10.2. The number of carbonyl (C=O) groups is 2. The molecule has 22 heavy (non-hydrogen) atoms. The Hall–Kier alpha value is -2.83. The second kappa shape index (κ2) is 7.26. The maximum Gasteiger partial charge on any atom is 0.412 e. The molecule has 1 amide bonds. The second-order valence-corrected chi connectivity index (χ2v) is 4.71. The monoisotopic (exact) mass is 303 g/mol. The van der Waals surface area contributed by atoms with E-state index in [0.717, 1.165) is 5.56 Å². The number of benzene rings is 1. The molecular formula is C15H17N3O4. The lowest BCUT2D eigenvalue weighted by molar-refractivity contribution is -0.136. The molecule has 0 aliphatic carbocycles. The van der Waals surface area contributed by atoms with Crippen LogP contribution in [-0.4, -0.2) is 26.9 Å². The molecule has 7 heteroatoms. The summed E-state index contributed by atoms with van der Waals surface area (Å²) >= 11 is 0. The summed E-state index contributed by atoms with van der Waals surface area (Å²) in [5, 5.41) is 15.4. The molecule has 2 aromatic rings. The topological polar surface area (TPSA) is 93.5 Å². The largest absolute Gasteiger partial charge is 0.481 e. The Morgan fingerprint density at radius 3 is 2.73 bits per heavy atom. The van der Waals surface area contributed by atoms with Gasteiger partial charge in [-0.05, 0) is 5.56 Å². The predicted octanol–water partition coefficient (Wildman–Crippen LogP) is 2.19. The number of amides is 1. The van der Waals surface area contributed by atoms with E-state index in [1.807, 2.05) is 30.3 Å². The fourth-order valence-electron chi connectivity index (χ4n) is 1.96. The van der Waals surface area contributed by atoms with E-state index in [1.165, 1.54) is 10.9 Å². The zero-order valence-electron chi connectivity index (χ0n) is 12.2. The van der Waals surface area contributed by atoms with Gasteiger partial charge >= 0.3 is 12.1 Å². The van der Waals surface area contributed by atoms with Crippen molar-refractivity contribution in [1.82, 2.24) is 9.78 Å². The van der Waals surface area contributed by atoms with Gasteiger partial charge in [0.25, 0.3) is 0 Å². The van der Waals surface area contributed by atoms with Gasteiger partial charge in [0, 0.05) is 13.5 Å². The van der Waals surface area contributed by atoms with Crippen molar-refractivity contribution >= 4 is 17.7 Å². The SMILES string of the molecule is Cn1ncc(NC(=O)OCc2ccccc2)c1CCC(=O)O. The number of hydrogen-bond donors (Lipinski definition) is 2. The first-order chi connectivity index (χ1) is 10.6. The highest BCUT2D eigenvalue weighted by molar-refractivity contribution is 5.85. The Morgan fingerprint density at radius 2 is 2.05 bits per heavy atom. The van der Waals surface area contributed by atoms with E-state index < -0.39 is 12.1 Å². The highest BCUT2D eigenvalue weighted by atomic mass is 16.5. The average molecular weight is 303 g/mol. The molecule has 116 valence electrons. The molecule has 7 nitrogen and oxygen atoms in total. The van der Waals surface area contributed by atoms with Crippen molar-refractivity contribution in [2.75, 3.05) is 5.32 Å². The van der Waals surface area contributed by atoms with Gasteiger partial charge in [-0.3, -0.25) is 14.8 Å². The van der Waals surface area contributed by atoms with Crippen LogP contribution in [0.4, 0.5) is 10.5 Å². The van der Waals surface area contributed by atoms with Gasteiger partial charge in [-0.2, -0.15) is 5.10 Å². The van der Waals surface area contributed by atoms with E-state index in [0.29, 0.717) is 11.4 Å². The fourth-order valence-corrected chi connectivity index (χ4v) is 1.96. The van der Waals surface area contributed by atoms with E-state index in [2.05, 4.69) is 10.4 Å². The number of aryl methyl sites for hydroxylation is 1. The summed E-state index contributed by atoms with van der Waals surface area (Å²) in [6.07, 6.45) is 1.11. The van der Waals surface area contributed by atoms with Crippen molar-refractivity contribution in [3.05, 3.63) is 47.8 Å². The molecular weight excluding hydrogens is 286 g/mol. The molecule has 0 unspecified atom stereocenters. The number of carboxylic acid groups (broad SMARTS) is 1. The second-order valence-electron chi connectivity index (χ2n) is 4.71. The van der Waals surface area contributed by atoms with Gasteiger partial charge in [0.05, 0.1) is 24.0 Å². The Labute approximate surface area is 127 Å². The molecule has 1 heterocycles. The number of ether oxygens (including phenoxy) is 1. The van der Waals surface area contributed by atoms with Gasteiger partial charge in [0.15, 0.2) is 0 Å². The maximum absolute atomic E-state index is 11.8. The Balaban J connectivity index is 1.92. The van der Waals surface area contributed by atoms with Crippen LogP contribution in [0.15, 0.2) is 36.5 Å². The highest BCUT2D eigenvalue weighted by Gasteiger charge is 2.13. The summed E-state index contributed by atoms with van der Waals surface area (Å²) in [6, 6.07) is 9.32. The molecule has 0 aliphatic heterocycles. The summed E-state index contributed by atoms with van der Waals surface area (Å²) in [5.41, 5.74) is 1.98. The van der Waals surface area contributed by atoms with Crippen LogP contribution in [0, 0.1) is 0 Å². The number of nitrogens with one attached hydrogen (secondary N) is 1. The minimum Gasteiger partial charge on any atom is -0.481 e. The van der Waals surface area contributed by atoms with Crippen LogP contribution in [0.5, 0.6) is 0 Å². The molecule has 1 aromatic heterocycles. The van der Waals surface area contributed by atoms with E-state index in [9.17, 15) is 9.59 Å². The molecule has 0 spiro atoms. The zero-order valence-corrected chi connectivity index (χ0v) is 12.2. The fraction of sp³-hybridized carbons (Fsp3) is 0.267. The van der Waals surface area contributed by atoms with Gasteiger partial charge in [-0.15, -0.1) is 0 Å². The van der Waals surface area contributed by atoms with Gasteiger partial charge in [0.1, 0.15) is 6.61 Å². The van der Waals surface area contributed by atoms with Crippen LogP contribution in [0.3, 0.4) is 0 Å². The first kappa shape index (κ1) is 15.6. The van der Waals surface area contributed by atoms with Crippen molar-refractivity contribution in [2.45, 2.75) is 19.4 Å². The summed E-state index contributed by atoms with van der Waals surface area (Å²) in [4.78, 5) is 22.5. The van der Waals surface area contributed by atoms with Gasteiger partial charge in [-0.25, -0.2) is 4.79 Å². The smallest absolute Gasteiger partial charge is 0.412 e. The van der Waals surface area contributed by atoms with Crippen molar-refractivity contribution in [2.24, 2.45) is 7.05 Å².